The maximum Gasteiger partial charge on any atom is 0.261 e. The highest BCUT2D eigenvalue weighted by atomic mass is 35.5. The number of carbonyl (C=O) groups excluding carboxylic acids is 2. The summed E-state index contributed by atoms with van der Waals surface area (Å²) < 4.78 is 16.1. The molecule has 0 saturated carbocycles. The van der Waals surface area contributed by atoms with E-state index in [1.807, 2.05) is 6.07 Å². The van der Waals surface area contributed by atoms with Crippen LogP contribution in [0.3, 0.4) is 0 Å². The van der Waals surface area contributed by atoms with Crippen LogP contribution in [0.4, 0.5) is 5.69 Å². The van der Waals surface area contributed by atoms with Crippen molar-refractivity contribution in [1.29, 1.82) is 0 Å². The molecule has 3 aromatic carbocycles. The van der Waals surface area contributed by atoms with Crippen molar-refractivity contribution in [2.75, 3.05) is 39.3 Å². The first-order valence-electron chi connectivity index (χ1n) is 12.7. The lowest BCUT2D eigenvalue weighted by atomic mass is 9.91. The fourth-order valence-electron chi connectivity index (χ4n) is 4.31. The van der Waals surface area contributed by atoms with Gasteiger partial charge in [-0.05, 0) is 54.6 Å². The number of methoxy groups -OCH3 is 2. The second-order valence-corrected chi connectivity index (χ2v) is 10.1. The molecular weight excluding hydrogens is 569 g/mol. The van der Waals surface area contributed by atoms with Gasteiger partial charge >= 0.3 is 0 Å². The zero-order valence-corrected chi connectivity index (χ0v) is 24.0. The van der Waals surface area contributed by atoms with Gasteiger partial charge in [0.1, 0.15) is 12.2 Å². The van der Waals surface area contributed by atoms with E-state index in [1.165, 1.54) is 25.3 Å². The van der Waals surface area contributed by atoms with E-state index in [2.05, 4.69) is 10.3 Å². The first-order valence-corrected chi connectivity index (χ1v) is 13.5. The highest BCUT2D eigenvalue weighted by Gasteiger charge is 2.20. The van der Waals surface area contributed by atoms with Crippen LogP contribution < -0.4 is 26.1 Å². The quantitative estimate of drug-likeness (QED) is 0.146. The lowest BCUT2D eigenvalue weighted by Crippen LogP contribution is -2.23. The number of hydrogen-bond donors (Lipinski definition) is 3. The largest absolute Gasteiger partial charge is 0.493 e. The Morgan fingerprint density at radius 1 is 1.00 bits per heavy atom. The number of ether oxygens (including phenoxy) is 3. The summed E-state index contributed by atoms with van der Waals surface area (Å²) in [5, 5.41) is 3.97. The number of halogens is 2. The van der Waals surface area contributed by atoms with Gasteiger partial charge in [-0.25, -0.2) is 0 Å². The summed E-state index contributed by atoms with van der Waals surface area (Å²) in [5.74, 6) is -0.282. The lowest BCUT2D eigenvalue weighted by molar-refractivity contribution is 0.0972. The van der Waals surface area contributed by atoms with E-state index in [0.29, 0.717) is 39.6 Å². The first-order chi connectivity index (χ1) is 19.7. The number of amides is 1. The summed E-state index contributed by atoms with van der Waals surface area (Å²) in [5.41, 5.74) is 7.03. The Labute approximate surface area is 246 Å². The number of rotatable bonds is 12. The Balaban J connectivity index is 1.57. The summed E-state index contributed by atoms with van der Waals surface area (Å²) in [4.78, 5) is 41.9. The van der Waals surface area contributed by atoms with E-state index >= 15 is 0 Å². The topological polar surface area (TPSA) is 133 Å². The molecular formula is C30H29Cl2N3O6. The van der Waals surface area contributed by atoms with Crippen LogP contribution in [0, 0.1) is 0 Å². The predicted molar refractivity (Wildman–Crippen MR) is 160 cm³/mol. The molecule has 0 bridgehead atoms. The number of nitrogens with one attached hydrogen (secondary N) is 2. The fourth-order valence-corrected chi connectivity index (χ4v) is 4.68. The molecule has 1 atom stereocenters. The Bertz CT molecular complexity index is 1640. The standard InChI is InChI=1S/C30H29Cl2N3O6/c1-39-8-9-41-28-14-19-11-22(29(37)34-24(19)15-27(28)40-2)30(38)35-25-12-18(6-7-23(25)32)26(36)13-20(16-33)17-4-3-5-21(31)10-17/h3-7,10-12,14-15,20H,8-9,13,16,33H2,1-2H3,(H,34,37)(H,35,38). The molecule has 0 saturated heterocycles. The molecule has 1 amide bonds. The van der Waals surface area contributed by atoms with Gasteiger partial charge < -0.3 is 30.2 Å². The number of carbonyl (C=O) groups is 2. The fraction of sp³-hybridized carbons (Fsp3) is 0.233. The maximum atomic E-state index is 13.2. The van der Waals surface area contributed by atoms with Crippen molar-refractivity contribution in [2.24, 2.45) is 5.73 Å². The minimum absolute atomic E-state index is 0.133. The van der Waals surface area contributed by atoms with Crippen LogP contribution in [0.15, 0.2) is 65.5 Å². The van der Waals surface area contributed by atoms with Crippen LogP contribution in [0.2, 0.25) is 10.0 Å². The molecule has 0 aliphatic rings. The second-order valence-electron chi connectivity index (χ2n) is 9.21. The third-order valence-electron chi connectivity index (χ3n) is 6.49. The molecule has 4 rings (SSSR count). The van der Waals surface area contributed by atoms with Gasteiger partial charge in [0.05, 0.1) is 29.9 Å². The van der Waals surface area contributed by atoms with Crippen molar-refractivity contribution < 1.29 is 23.8 Å². The van der Waals surface area contributed by atoms with E-state index < -0.39 is 11.5 Å². The SMILES string of the molecule is COCCOc1cc2cc(C(=O)Nc3cc(C(=O)CC(CN)c4cccc(Cl)c4)ccc3Cl)c(=O)[nH]c2cc1OC. The van der Waals surface area contributed by atoms with Gasteiger partial charge in [0.25, 0.3) is 11.5 Å². The molecule has 0 radical (unpaired) electrons. The molecule has 214 valence electrons. The Hall–Kier alpha value is -3.89. The summed E-state index contributed by atoms with van der Waals surface area (Å²) in [6.07, 6.45) is 0.133. The summed E-state index contributed by atoms with van der Waals surface area (Å²) in [6.45, 7) is 0.906. The van der Waals surface area contributed by atoms with Crippen molar-refractivity contribution in [1.82, 2.24) is 4.98 Å². The molecule has 1 unspecified atom stereocenters. The number of benzene rings is 3. The summed E-state index contributed by atoms with van der Waals surface area (Å²) in [7, 11) is 3.05. The number of fused-ring (bicyclic) bond motifs is 1. The van der Waals surface area contributed by atoms with Crippen molar-refractivity contribution in [2.45, 2.75) is 12.3 Å². The molecule has 0 aliphatic carbocycles. The highest BCUT2D eigenvalue weighted by molar-refractivity contribution is 6.34. The third kappa shape index (κ3) is 7.25. The van der Waals surface area contributed by atoms with Crippen LogP contribution in [-0.2, 0) is 4.74 Å². The predicted octanol–water partition coefficient (Wildman–Crippen LogP) is 5.44. The third-order valence-corrected chi connectivity index (χ3v) is 7.06. The molecule has 4 aromatic rings. The van der Waals surface area contributed by atoms with Crippen LogP contribution in [-0.4, -0.2) is 50.7 Å². The maximum absolute atomic E-state index is 13.2. The van der Waals surface area contributed by atoms with E-state index in [-0.39, 0.29) is 47.5 Å². The van der Waals surface area contributed by atoms with Gasteiger partial charge in [0, 0.05) is 41.5 Å². The average Bonchev–Trinajstić information content (AvgIpc) is 2.96. The Morgan fingerprint density at radius 3 is 2.51 bits per heavy atom. The average molecular weight is 598 g/mol. The number of H-pyrrole nitrogens is 1. The minimum atomic E-state index is -0.698. The molecule has 4 N–H and O–H groups in total. The minimum Gasteiger partial charge on any atom is -0.493 e. The number of pyridine rings is 1. The molecule has 9 nitrogen and oxygen atoms in total. The van der Waals surface area contributed by atoms with E-state index in [0.717, 1.165) is 5.56 Å². The van der Waals surface area contributed by atoms with Gasteiger partial charge in [0.2, 0.25) is 0 Å². The Morgan fingerprint density at radius 2 is 1.80 bits per heavy atom. The van der Waals surface area contributed by atoms with Crippen LogP contribution in [0.25, 0.3) is 10.9 Å². The number of aromatic nitrogens is 1. The van der Waals surface area contributed by atoms with Gasteiger partial charge in [0.15, 0.2) is 17.3 Å². The zero-order valence-electron chi connectivity index (χ0n) is 22.5. The number of nitrogens with two attached hydrogens (primary N) is 1. The molecule has 11 heteroatoms. The Kier molecular flexibility index (Phi) is 10.0. The van der Waals surface area contributed by atoms with Crippen LogP contribution >= 0.6 is 23.2 Å². The molecule has 0 fully saturated rings. The smallest absolute Gasteiger partial charge is 0.261 e. The summed E-state index contributed by atoms with van der Waals surface area (Å²) >= 11 is 12.4. The zero-order chi connectivity index (χ0) is 29.5. The van der Waals surface area contributed by atoms with Crippen molar-refractivity contribution in [3.05, 3.63) is 97.8 Å². The van der Waals surface area contributed by atoms with E-state index in [1.54, 1.807) is 43.5 Å². The van der Waals surface area contributed by atoms with Gasteiger partial charge in [-0.3, -0.25) is 14.4 Å². The van der Waals surface area contributed by atoms with Crippen LogP contribution in [0.5, 0.6) is 11.5 Å². The number of aromatic amines is 1. The number of Topliss-reactive ketones (excluding diaryl/α,β-unsaturated/α-hetero) is 1. The highest BCUT2D eigenvalue weighted by Crippen LogP contribution is 2.32. The molecule has 41 heavy (non-hydrogen) atoms. The van der Waals surface area contributed by atoms with E-state index in [9.17, 15) is 14.4 Å². The number of ketones is 1. The lowest BCUT2D eigenvalue weighted by Gasteiger charge is -2.15. The van der Waals surface area contributed by atoms with Crippen molar-refractivity contribution in [3.8, 4) is 11.5 Å². The molecule has 0 aliphatic heterocycles. The van der Waals surface area contributed by atoms with Crippen molar-refractivity contribution in [3.63, 3.8) is 0 Å². The molecule has 0 spiro atoms. The normalized spacial score (nSPS) is 11.7. The number of hydrogen-bond acceptors (Lipinski definition) is 7. The van der Waals surface area contributed by atoms with E-state index in [4.69, 9.17) is 43.1 Å². The van der Waals surface area contributed by atoms with Gasteiger partial charge in [-0.1, -0.05) is 35.3 Å². The monoisotopic (exact) mass is 597 g/mol. The summed E-state index contributed by atoms with van der Waals surface area (Å²) in [6, 6.07) is 16.5. The van der Waals surface area contributed by atoms with Crippen molar-refractivity contribution >= 4 is 51.5 Å². The molecule has 1 aromatic heterocycles. The molecule has 1 heterocycles. The van der Waals surface area contributed by atoms with Gasteiger partial charge in [-0.15, -0.1) is 0 Å². The van der Waals surface area contributed by atoms with Crippen LogP contribution in [0.1, 0.15) is 38.6 Å². The first kappa shape index (κ1) is 30.1. The van der Waals surface area contributed by atoms with Gasteiger partial charge in [-0.2, -0.15) is 0 Å². The second kappa shape index (κ2) is 13.6. The number of anilines is 1.